The number of ether oxygens (including phenoxy) is 1. The molecule has 102 valence electrons. The van der Waals surface area contributed by atoms with Crippen molar-refractivity contribution in [2.75, 3.05) is 13.7 Å². The number of hydrogen-bond donors (Lipinski definition) is 1. The van der Waals surface area contributed by atoms with Crippen LogP contribution >= 0.6 is 0 Å². The Kier molecular flexibility index (Phi) is 5.13. The third-order valence-electron chi connectivity index (χ3n) is 3.61. The number of aromatic nitrogens is 2. The third kappa shape index (κ3) is 3.53. The van der Waals surface area contributed by atoms with Crippen molar-refractivity contribution in [2.24, 2.45) is 5.92 Å². The van der Waals surface area contributed by atoms with Gasteiger partial charge in [0.15, 0.2) is 5.82 Å². The van der Waals surface area contributed by atoms with E-state index in [4.69, 9.17) is 9.26 Å². The summed E-state index contributed by atoms with van der Waals surface area (Å²) in [6.45, 7) is 3.55. The van der Waals surface area contributed by atoms with Gasteiger partial charge in [-0.1, -0.05) is 24.9 Å². The smallest absolute Gasteiger partial charge is 0.228 e. The number of rotatable bonds is 7. The first-order valence-electron chi connectivity index (χ1n) is 6.87. The molecule has 0 radical (unpaired) electrons. The lowest BCUT2D eigenvalue weighted by Gasteiger charge is -2.22. The van der Waals surface area contributed by atoms with Gasteiger partial charge in [-0.15, -0.1) is 0 Å². The van der Waals surface area contributed by atoms with Crippen LogP contribution in [0.1, 0.15) is 44.3 Å². The third-order valence-corrected chi connectivity index (χ3v) is 3.61. The van der Waals surface area contributed by atoms with Crippen molar-refractivity contribution < 1.29 is 9.26 Å². The number of nitrogens with zero attached hydrogens (tertiary/aromatic N) is 2. The van der Waals surface area contributed by atoms with Crippen LogP contribution in [0.3, 0.4) is 0 Å². The molecule has 1 heterocycles. The Balaban J connectivity index is 1.93. The van der Waals surface area contributed by atoms with Crippen LogP contribution in [-0.4, -0.2) is 29.8 Å². The average molecular weight is 253 g/mol. The molecular formula is C13H23N3O2. The summed E-state index contributed by atoms with van der Waals surface area (Å²) in [4.78, 5) is 4.35. The molecule has 0 spiro atoms. The van der Waals surface area contributed by atoms with E-state index in [0.29, 0.717) is 18.5 Å². The zero-order valence-corrected chi connectivity index (χ0v) is 11.3. The first-order valence-corrected chi connectivity index (χ1v) is 6.87. The second kappa shape index (κ2) is 6.85. The number of likely N-dealkylation sites (N-methyl/N-ethyl adjacent to an activating group) is 1. The lowest BCUT2D eigenvalue weighted by molar-refractivity contribution is 0.174. The molecule has 5 heteroatoms. The van der Waals surface area contributed by atoms with E-state index in [1.807, 2.05) is 0 Å². The molecule has 1 aromatic rings. The van der Waals surface area contributed by atoms with Gasteiger partial charge in [0, 0.05) is 19.6 Å². The maximum absolute atomic E-state index is 5.27. The van der Waals surface area contributed by atoms with E-state index in [1.165, 1.54) is 25.7 Å². The zero-order valence-electron chi connectivity index (χ0n) is 11.3. The molecule has 0 bridgehead atoms. The van der Waals surface area contributed by atoms with Gasteiger partial charge in [-0.2, -0.15) is 4.98 Å². The molecule has 5 nitrogen and oxygen atoms in total. The molecule has 1 N–H and O–H groups in total. The molecule has 1 aliphatic carbocycles. The maximum Gasteiger partial charge on any atom is 0.228 e. The Morgan fingerprint density at radius 2 is 2.22 bits per heavy atom. The van der Waals surface area contributed by atoms with Crippen LogP contribution in [-0.2, 0) is 17.8 Å². The average Bonchev–Trinajstić information content (AvgIpc) is 3.00. The maximum atomic E-state index is 5.27. The van der Waals surface area contributed by atoms with Gasteiger partial charge >= 0.3 is 0 Å². The van der Waals surface area contributed by atoms with Crippen LogP contribution in [0.15, 0.2) is 4.52 Å². The van der Waals surface area contributed by atoms with Crippen molar-refractivity contribution in [3.8, 4) is 0 Å². The lowest BCUT2D eigenvalue weighted by Crippen LogP contribution is -2.37. The van der Waals surface area contributed by atoms with Crippen molar-refractivity contribution in [3.63, 3.8) is 0 Å². The van der Waals surface area contributed by atoms with E-state index >= 15 is 0 Å². The van der Waals surface area contributed by atoms with Gasteiger partial charge in [0.05, 0.1) is 0 Å². The Labute approximate surface area is 108 Å². The highest BCUT2D eigenvalue weighted by molar-refractivity contribution is 4.92. The van der Waals surface area contributed by atoms with Crippen LogP contribution in [0.2, 0.25) is 0 Å². The van der Waals surface area contributed by atoms with Crippen molar-refractivity contribution in [1.82, 2.24) is 15.5 Å². The van der Waals surface area contributed by atoms with Gasteiger partial charge in [0.25, 0.3) is 0 Å². The minimum atomic E-state index is 0.415. The Morgan fingerprint density at radius 1 is 1.44 bits per heavy atom. The monoisotopic (exact) mass is 253 g/mol. The fourth-order valence-corrected chi connectivity index (χ4v) is 2.78. The van der Waals surface area contributed by atoms with Crippen LogP contribution in [0.5, 0.6) is 0 Å². The fourth-order valence-electron chi connectivity index (χ4n) is 2.78. The summed E-state index contributed by atoms with van der Waals surface area (Å²) in [5.41, 5.74) is 0. The summed E-state index contributed by atoms with van der Waals surface area (Å²) in [6, 6.07) is 0.466. The molecule has 0 aliphatic heterocycles. The van der Waals surface area contributed by atoms with E-state index in [-0.39, 0.29) is 0 Å². The lowest BCUT2D eigenvalue weighted by atomic mass is 9.95. The fraction of sp³-hybridized carbons (Fsp3) is 0.846. The van der Waals surface area contributed by atoms with Crippen LogP contribution in [0.25, 0.3) is 0 Å². The molecule has 1 saturated carbocycles. The molecule has 0 amide bonds. The Morgan fingerprint density at radius 3 is 2.89 bits per heavy atom. The second-order valence-corrected chi connectivity index (χ2v) is 4.95. The van der Waals surface area contributed by atoms with Gasteiger partial charge in [0.1, 0.15) is 6.61 Å². The largest absolute Gasteiger partial charge is 0.377 e. The number of hydrogen-bond acceptors (Lipinski definition) is 5. The summed E-state index contributed by atoms with van der Waals surface area (Å²) >= 11 is 0. The Bertz CT molecular complexity index is 348. The van der Waals surface area contributed by atoms with E-state index in [2.05, 4.69) is 22.4 Å². The summed E-state index contributed by atoms with van der Waals surface area (Å²) < 4.78 is 10.3. The molecule has 0 aromatic carbocycles. The van der Waals surface area contributed by atoms with Crippen molar-refractivity contribution in [3.05, 3.63) is 11.7 Å². The van der Waals surface area contributed by atoms with Crippen molar-refractivity contribution in [2.45, 2.75) is 51.7 Å². The minimum Gasteiger partial charge on any atom is -0.377 e. The predicted octanol–water partition coefficient (Wildman–Crippen LogP) is 1.93. The highest BCUT2D eigenvalue weighted by atomic mass is 16.5. The summed E-state index contributed by atoms with van der Waals surface area (Å²) in [7, 11) is 1.63. The van der Waals surface area contributed by atoms with Gasteiger partial charge < -0.3 is 14.6 Å². The zero-order chi connectivity index (χ0) is 12.8. The first kappa shape index (κ1) is 13.5. The van der Waals surface area contributed by atoms with Gasteiger partial charge in [-0.3, -0.25) is 0 Å². The van der Waals surface area contributed by atoms with Gasteiger partial charge in [-0.25, -0.2) is 0 Å². The summed E-state index contributed by atoms with van der Waals surface area (Å²) in [5, 5.41) is 7.46. The molecule has 1 atom stereocenters. The molecule has 1 aromatic heterocycles. The van der Waals surface area contributed by atoms with E-state index in [0.717, 1.165) is 24.8 Å². The van der Waals surface area contributed by atoms with Gasteiger partial charge in [0.2, 0.25) is 5.89 Å². The van der Waals surface area contributed by atoms with E-state index < -0.39 is 0 Å². The van der Waals surface area contributed by atoms with Crippen LogP contribution < -0.4 is 5.32 Å². The van der Waals surface area contributed by atoms with Crippen molar-refractivity contribution >= 4 is 0 Å². The van der Waals surface area contributed by atoms with Gasteiger partial charge in [-0.05, 0) is 25.3 Å². The topological polar surface area (TPSA) is 60.2 Å². The number of methoxy groups -OCH3 is 1. The molecule has 2 rings (SSSR count). The molecule has 0 saturated heterocycles. The summed E-state index contributed by atoms with van der Waals surface area (Å²) in [6.07, 6.45) is 6.17. The summed E-state index contributed by atoms with van der Waals surface area (Å²) in [5.74, 6) is 2.11. The molecule has 18 heavy (non-hydrogen) atoms. The Hall–Kier alpha value is -0.940. The predicted molar refractivity (Wildman–Crippen MR) is 68.1 cm³/mol. The SMILES string of the molecule is CCNC(Cc1nc(COC)no1)C1CCCC1. The second-order valence-electron chi connectivity index (χ2n) is 4.95. The van der Waals surface area contributed by atoms with Crippen LogP contribution in [0.4, 0.5) is 0 Å². The van der Waals surface area contributed by atoms with E-state index in [1.54, 1.807) is 7.11 Å². The number of nitrogens with one attached hydrogen (secondary N) is 1. The molecule has 1 fully saturated rings. The normalized spacial score (nSPS) is 18.3. The highest BCUT2D eigenvalue weighted by Gasteiger charge is 2.26. The molecular weight excluding hydrogens is 230 g/mol. The van der Waals surface area contributed by atoms with Crippen LogP contribution in [0, 0.1) is 5.92 Å². The first-order chi connectivity index (χ1) is 8.83. The molecule has 1 unspecified atom stereocenters. The highest BCUT2D eigenvalue weighted by Crippen LogP contribution is 2.29. The quantitative estimate of drug-likeness (QED) is 0.804. The minimum absolute atomic E-state index is 0.415. The standard InChI is InChI=1S/C13H23N3O2/c1-3-14-11(10-6-4-5-7-10)8-13-15-12(9-17-2)16-18-13/h10-11,14H,3-9H2,1-2H3. The van der Waals surface area contributed by atoms with E-state index in [9.17, 15) is 0 Å². The molecule has 1 aliphatic rings. The van der Waals surface area contributed by atoms with Crippen molar-refractivity contribution in [1.29, 1.82) is 0 Å².